The minimum atomic E-state index is -0.196. The Kier molecular flexibility index (Phi) is 3.21. The molecule has 0 aromatic carbocycles. The van der Waals surface area contributed by atoms with E-state index in [-0.39, 0.29) is 11.2 Å². The lowest BCUT2D eigenvalue weighted by molar-refractivity contribution is -0.0911. The van der Waals surface area contributed by atoms with Crippen LogP contribution in [0.3, 0.4) is 0 Å². The van der Waals surface area contributed by atoms with Gasteiger partial charge in [-0.25, -0.2) is 0 Å². The molecule has 0 N–H and O–H groups in total. The van der Waals surface area contributed by atoms with Gasteiger partial charge in [0.1, 0.15) is 0 Å². The van der Waals surface area contributed by atoms with Gasteiger partial charge in [-0.2, -0.15) is 5.26 Å². The summed E-state index contributed by atoms with van der Waals surface area (Å²) in [4.78, 5) is 0. The molecular formula is C12H21NO. The van der Waals surface area contributed by atoms with Crippen molar-refractivity contribution in [1.29, 1.82) is 5.26 Å². The fraction of sp³-hybridized carbons (Fsp3) is 0.917. The molecule has 0 aromatic heterocycles. The zero-order valence-corrected chi connectivity index (χ0v) is 9.76. The van der Waals surface area contributed by atoms with E-state index in [0.717, 1.165) is 19.3 Å². The second-order valence-electron chi connectivity index (χ2n) is 5.43. The molecule has 0 bridgehead atoms. The quantitative estimate of drug-likeness (QED) is 0.692. The van der Waals surface area contributed by atoms with Crippen molar-refractivity contribution in [2.75, 3.05) is 0 Å². The Morgan fingerprint density at radius 1 is 1.29 bits per heavy atom. The van der Waals surface area contributed by atoms with Crippen LogP contribution >= 0.6 is 0 Å². The Labute approximate surface area is 87.3 Å². The maximum atomic E-state index is 8.71. The summed E-state index contributed by atoms with van der Waals surface area (Å²) < 4.78 is 6.07. The highest BCUT2D eigenvalue weighted by molar-refractivity contribution is 4.97. The summed E-state index contributed by atoms with van der Waals surface area (Å²) in [5.41, 5.74) is -0.196. The Morgan fingerprint density at radius 2 is 1.86 bits per heavy atom. The minimum Gasteiger partial charge on any atom is -0.368 e. The molecular weight excluding hydrogens is 174 g/mol. The van der Waals surface area contributed by atoms with Gasteiger partial charge in [-0.3, -0.25) is 0 Å². The third-order valence-electron chi connectivity index (χ3n) is 2.97. The van der Waals surface area contributed by atoms with Gasteiger partial charge in [-0.15, -0.1) is 0 Å². The van der Waals surface area contributed by atoms with Gasteiger partial charge in [-0.05, 0) is 39.0 Å². The average molecular weight is 195 g/mol. The van der Waals surface area contributed by atoms with Crippen LogP contribution in [0.5, 0.6) is 0 Å². The van der Waals surface area contributed by atoms with E-state index in [4.69, 9.17) is 10.00 Å². The largest absolute Gasteiger partial charge is 0.368 e. The molecule has 0 radical (unpaired) electrons. The zero-order valence-electron chi connectivity index (χ0n) is 9.76. The maximum Gasteiger partial charge on any atom is 0.0792 e. The number of ether oxygens (including phenoxy) is 1. The molecule has 1 aliphatic heterocycles. The Balaban J connectivity index is 2.59. The first-order chi connectivity index (χ1) is 6.39. The second-order valence-corrected chi connectivity index (χ2v) is 5.43. The van der Waals surface area contributed by atoms with Crippen LogP contribution in [0.4, 0.5) is 0 Å². The molecule has 2 unspecified atom stereocenters. The Morgan fingerprint density at radius 3 is 2.36 bits per heavy atom. The normalized spacial score (nSPS) is 37.4. The van der Waals surface area contributed by atoms with Gasteiger partial charge in [0.2, 0.25) is 0 Å². The van der Waals surface area contributed by atoms with E-state index in [2.05, 4.69) is 33.8 Å². The van der Waals surface area contributed by atoms with Crippen molar-refractivity contribution in [3.63, 3.8) is 0 Å². The first-order valence-electron chi connectivity index (χ1n) is 5.46. The molecule has 2 nitrogen and oxygen atoms in total. The van der Waals surface area contributed by atoms with Crippen molar-refractivity contribution in [1.82, 2.24) is 0 Å². The molecule has 14 heavy (non-hydrogen) atoms. The third-order valence-corrected chi connectivity index (χ3v) is 2.97. The molecule has 1 heterocycles. The van der Waals surface area contributed by atoms with Crippen LogP contribution in [-0.2, 0) is 4.74 Å². The molecule has 0 spiro atoms. The van der Waals surface area contributed by atoms with Gasteiger partial charge < -0.3 is 4.74 Å². The van der Waals surface area contributed by atoms with E-state index in [9.17, 15) is 0 Å². The molecule has 1 aliphatic rings. The number of rotatable bonds is 3. The first-order valence-corrected chi connectivity index (χ1v) is 5.46. The molecule has 80 valence electrons. The highest BCUT2D eigenvalue weighted by atomic mass is 16.5. The van der Waals surface area contributed by atoms with Crippen molar-refractivity contribution in [2.45, 2.75) is 64.6 Å². The summed E-state index contributed by atoms with van der Waals surface area (Å²) in [6, 6.07) is 2.22. The van der Waals surface area contributed by atoms with Crippen LogP contribution in [0.2, 0.25) is 0 Å². The topological polar surface area (TPSA) is 33.0 Å². The van der Waals surface area contributed by atoms with Crippen LogP contribution in [0.1, 0.15) is 53.4 Å². The highest BCUT2D eigenvalue weighted by Crippen LogP contribution is 2.42. The van der Waals surface area contributed by atoms with Gasteiger partial charge in [0, 0.05) is 0 Å². The molecule has 2 heteroatoms. The summed E-state index contributed by atoms with van der Waals surface area (Å²) in [6.45, 7) is 8.67. The molecule has 1 saturated heterocycles. The van der Waals surface area contributed by atoms with E-state index < -0.39 is 0 Å². The lowest BCUT2D eigenvalue weighted by Crippen LogP contribution is -2.32. The van der Waals surface area contributed by atoms with Gasteiger partial charge in [0.25, 0.3) is 0 Å². The standard InChI is InChI=1S/C12H21NO/c1-10(2)9-12(4)6-5-11(3,14-12)7-8-13/h10H,5-7,9H2,1-4H3. The number of hydrogen-bond donors (Lipinski definition) is 0. The molecule has 0 aromatic rings. The summed E-state index contributed by atoms with van der Waals surface area (Å²) in [6.07, 6.45) is 3.71. The zero-order chi connectivity index (χ0) is 10.8. The number of nitriles is 1. The first kappa shape index (κ1) is 11.5. The fourth-order valence-electron chi connectivity index (χ4n) is 2.52. The van der Waals surface area contributed by atoms with Gasteiger partial charge >= 0.3 is 0 Å². The Bertz CT molecular complexity index is 243. The van der Waals surface area contributed by atoms with Crippen LogP contribution in [-0.4, -0.2) is 11.2 Å². The van der Waals surface area contributed by atoms with Gasteiger partial charge in [0.15, 0.2) is 0 Å². The van der Waals surface area contributed by atoms with Crippen LogP contribution in [0.25, 0.3) is 0 Å². The predicted octanol–water partition coefficient (Wildman–Crippen LogP) is 3.27. The Hall–Kier alpha value is -0.550. The summed E-state index contributed by atoms with van der Waals surface area (Å²) >= 11 is 0. The molecule has 1 fully saturated rings. The van der Waals surface area contributed by atoms with E-state index in [1.54, 1.807) is 0 Å². The SMILES string of the molecule is CC(C)CC1(C)CCC(C)(CC#N)O1. The van der Waals surface area contributed by atoms with E-state index in [1.165, 1.54) is 0 Å². The minimum absolute atomic E-state index is 0.000231. The summed E-state index contributed by atoms with van der Waals surface area (Å²) in [5, 5.41) is 8.71. The average Bonchev–Trinajstić information content (AvgIpc) is 2.26. The van der Waals surface area contributed by atoms with E-state index >= 15 is 0 Å². The van der Waals surface area contributed by atoms with Crippen molar-refractivity contribution >= 4 is 0 Å². The van der Waals surface area contributed by atoms with E-state index in [1.807, 2.05) is 0 Å². The van der Waals surface area contributed by atoms with Crippen LogP contribution in [0.15, 0.2) is 0 Å². The number of nitrogens with zero attached hydrogens (tertiary/aromatic N) is 1. The monoisotopic (exact) mass is 195 g/mol. The van der Waals surface area contributed by atoms with Crippen molar-refractivity contribution < 1.29 is 4.74 Å². The smallest absolute Gasteiger partial charge is 0.0792 e. The third kappa shape index (κ3) is 2.72. The van der Waals surface area contributed by atoms with Crippen LogP contribution in [0, 0.1) is 17.2 Å². The lowest BCUT2D eigenvalue weighted by Gasteiger charge is -2.30. The van der Waals surface area contributed by atoms with Crippen molar-refractivity contribution in [2.24, 2.45) is 5.92 Å². The van der Waals surface area contributed by atoms with E-state index in [0.29, 0.717) is 12.3 Å². The van der Waals surface area contributed by atoms with Crippen LogP contribution < -0.4 is 0 Å². The molecule has 1 rings (SSSR count). The van der Waals surface area contributed by atoms with Crippen molar-refractivity contribution in [3.8, 4) is 6.07 Å². The molecule has 0 saturated carbocycles. The van der Waals surface area contributed by atoms with Gasteiger partial charge in [-0.1, -0.05) is 13.8 Å². The summed E-state index contributed by atoms with van der Waals surface area (Å²) in [5.74, 6) is 0.657. The van der Waals surface area contributed by atoms with Crippen molar-refractivity contribution in [3.05, 3.63) is 0 Å². The molecule has 0 amide bonds. The highest BCUT2D eigenvalue weighted by Gasteiger charge is 2.43. The maximum absolute atomic E-state index is 8.71. The fourth-order valence-corrected chi connectivity index (χ4v) is 2.52. The second kappa shape index (κ2) is 3.90. The number of hydrogen-bond acceptors (Lipinski definition) is 2. The molecule has 2 atom stereocenters. The molecule has 0 aliphatic carbocycles. The predicted molar refractivity (Wildman–Crippen MR) is 56.8 cm³/mol. The summed E-state index contributed by atoms with van der Waals surface area (Å²) in [7, 11) is 0. The van der Waals surface area contributed by atoms with Gasteiger partial charge in [0.05, 0.1) is 23.7 Å². The lowest BCUT2D eigenvalue weighted by atomic mass is 9.90.